The summed E-state index contributed by atoms with van der Waals surface area (Å²) in [7, 11) is 0. The van der Waals surface area contributed by atoms with Gasteiger partial charge >= 0.3 is 0 Å². The molecule has 0 bridgehead atoms. The van der Waals surface area contributed by atoms with Crippen molar-refractivity contribution in [2.45, 2.75) is 6.55 Å². The summed E-state index contributed by atoms with van der Waals surface area (Å²) in [6, 6.07) is 0. The topological polar surface area (TPSA) is 0 Å². The molecule has 0 fully saturated rings. The molecule has 0 aromatic heterocycles. The first kappa shape index (κ1) is 4.99. The van der Waals surface area contributed by atoms with Gasteiger partial charge in [-0.2, -0.15) is 11.1 Å². The van der Waals surface area contributed by atoms with Crippen LogP contribution in [0.3, 0.4) is 0 Å². The number of halogens is 2. The highest BCUT2D eigenvalue weighted by atomic mass is 79.9. The molecule has 0 aromatic carbocycles. The molecule has 0 heterocycles. The zero-order valence-corrected chi connectivity index (χ0v) is 5.60. The van der Waals surface area contributed by atoms with Gasteiger partial charge in [0.2, 0.25) is 6.73 Å². The molecule has 1 radical (unpaired) electrons. The van der Waals surface area contributed by atoms with Crippen molar-refractivity contribution in [2.24, 2.45) is 0 Å². The molecule has 0 aliphatic rings. The van der Waals surface area contributed by atoms with Crippen molar-refractivity contribution < 1.29 is 0 Å². The van der Waals surface area contributed by atoms with E-state index in [2.05, 4.69) is 15.3 Å². The van der Waals surface area contributed by atoms with Crippen LogP contribution in [-0.4, -0.2) is 6.73 Å². The Bertz CT molecular complexity index is 12.8. The summed E-state index contributed by atoms with van der Waals surface area (Å²) < 4.78 is 0. The molecule has 4 heavy (non-hydrogen) atoms. The Morgan fingerprint density at radius 1 is 2.00 bits per heavy atom. The van der Waals surface area contributed by atoms with Crippen LogP contribution in [0, 0.1) is 0 Å². The first-order chi connectivity index (χ1) is 1.73. The minimum atomic E-state index is -0.595. The average Bonchev–Trinajstić information content (AvgIpc) is 0.811. The third-order valence-electron chi connectivity index (χ3n) is 0. The van der Waals surface area contributed by atoms with Crippen LogP contribution in [-0.2, 0) is 0 Å². The van der Waals surface area contributed by atoms with E-state index in [4.69, 9.17) is 11.1 Å². The molecule has 0 unspecified atom stereocenters. The molecule has 25 valence electrons. The van der Waals surface area contributed by atoms with Crippen LogP contribution < -0.4 is 0 Å². The van der Waals surface area contributed by atoms with Gasteiger partial charge in [0, 0.05) is 0 Å². The van der Waals surface area contributed by atoms with Crippen LogP contribution in [0.1, 0.15) is 0 Å². The van der Waals surface area contributed by atoms with Crippen molar-refractivity contribution in [1.82, 2.24) is 0 Å². The lowest BCUT2D eigenvalue weighted by Crippen LogP contribution is -1.71. The lowest BCUT2D eigenvalue weighted by atomic mass is 11.9. The zero-order chi connectivity index (χ0) is 3.58. The Hall–Kier alpha value is 0.987. The van der Waals surface area contributed by atoms with E-state index in [9.17, 15) is 0 Å². The van der Waals surface area contributed by atoms with Crippen LogP contribution in [0.15, 0.2) is 0 Å². The third-order valence-corrected chi connectivity index (χ3v) is 0. The smallest absolute Gasteiger partial charge is 0.153 e. The van der Waals surface area contributed by atoms with Crippen LogP contribution in [0.5, 0.6) is 0 Å². The van der Waals surface area contributed by atoms with Crippen molar-refractivity contribution in [3.8, 4) is 0 Å². The molecule has 0 nitrogen and oxygen atoms in total. The molecular weight excluding hydrogens is 155 g/mol. The second-order valence-corrected chi connectivity index (χ2v) is 7.99. The summed E-state index contributed by atoms with van der Waals surface area (Å²) in [6.07, 6.45) is 0. The number of hydrogen-bond acceptors (Lipinski definition) is 0. The lowest BCUT2D eigenvalue weighted by Gasteiger charge is -1.67. The van der Waals surface area contributed by atoms with E-state index in [0.29, 0.717) is 0 Å². The van der Waals surface area contributed by atoms with Crippen molar-refractivity contribution >= 4 is 33.1 Å². The predicted octanol–water partition coefficient (Wildman–Crippen LogP) is 1.74. The van der Waals surface area contributed by atoms with Crippen molar-refractivity contribution in [3.63, 3.8) is 0 Å². The van der Waals surface area contributed by atoms with Crippen LogP contribution in [0.25, 0.3) is 0 Å². The maximum Gasteiger partial charge on any atom is 0.241 e. The summed E-state index contributed by atoms with van der Waals surface area (Å²) in [5, 5.41) is 0. The van der Waals surface area contributed by atoms with E-state index in [1.807, 2.05) is 6.55 Å². The molecule has 0 rings (SSSR count). The largest absolute Gasteiger partial charge is 0.241 e. The van der Waals surface area contributed by atoms with Crippen LogP contribution >= 0.6 is 26.4 Å². The van der Waals surface area contributed by atoms with E-state index < -0.39 is 6.73 Å². The summed E-state index contributed by atoms with van der Waals surface area (Å²) in [5.41, 5.74) is 0. The maximum atomic E-state index is 5.29. The molecule has 0 amide bonds. The maximum absolute atomic E-state index is 5.29. The summed E-state index contributed by atoms with van der Waals surface area (Å²) in [4.78, 5) is 0. The van der Waals surface area contributed by atoms with E-state index >= 15 is 0 Å². The summed E-state index contributed by atoms with van der Waals surface area (Å²) >= 11 is 8.43. The third kappa shape index (κ3) is 12.1. The molecule has 0 saturated carbocycles. The molecule has 0 atom stereocenters. The Labute approximate surface area is 40.0 Å². The van der Waals surface area contributed by atoms with Crippen molar-refractivity contribution in [2.75, 3.05) is 0 Å². The second-order valence-electron chi connectivity index (χ2n) is 0.449. The van der Waals surface area contributed by atoms with E-state index in [0.717, 1.165) is 0 Å². The molecule has 3 heteroatoms. The highest BCUT2D eigenvalue weighted by Crippen LogP contribution is 1.93. The highest BCUT2D eigenvalue weighted by molar-refractivity contribution is 9.25. The molecule has 0 aliphatic heterocycles. The fourth-order valence-electron chi connectivity index (χ4n) is 0. The highest BCUT2D eigenvalue weighted by Gasteiger charge is 1.81. The quantitative estimate of drug-likeness (QED) is 0.372. The van der Waals surface area contributed by atoms with Gasteiger partial charge in [-0.25, -0.2) is 0 Å². The van der Waals surface area contributed by atoms with Gasteiger partial charge in [0.15, 0.2) is 0 Å². The van der Waals surface area contributed by atoms with E-state index in [1.165, 1.54) is 0 Å². The fraction of sp³-hybridized carbons (Fsp3) is 1.00. The standard InChI is InChI=1S/CH3BrClSi/c1-4(2)3/h1H3. The first-order valence-electron chi connectivity index (χ1n) is 0.878. The van der Waals surface area contributed by atoms with Gasteiger partial charge in [0.25, 0.3) is 0 Å². The Morgan fingerprint density at radius 3 is 2.00 bits per heavy atom. The molecule has 0 N–H and O–H groups in total. The SMILES string of the molecule is C[Si](Cl)Br. The monoisotopic (exact) mass is 157 g/mol. The summed E-state index contributed by atoms with van der Waals surface area (Å²) in [5.74, 6) is 0. The molecule has 0 aromatic rings. The van der Waals surface area contributed by atoms with Gasteiger partial charge in [-0.05, 0) is 6.55 Å². The van der Waals surface area contributed by atoms with Crippen molar-refractivity contribution in [1.29, 1.82) is 0 Å². The molecule has 0 aliphatic carbocycles. The fourth-order valence-corrected chi connectivity index (χ4v) is 0. The summed E-state index contributed by atoms with van der Waals surface area (Å²) in [6.45, 7) is 1.36. The van der Waals surface area contributed by atoms with E-state index in [-0.39, 0.29) is 0 Å². The predicted molar refractivity (Wildman–Crippen MR) is 26.4 cm³/mol. The zero-order valence-electron chi connectivity index (χ0n) is 2.26. The molecule has 0 spiro atoms. The van der Waals surface area contributed by atoms with Gasteiger partial charge in [-0.3, -0.25) is 0 Å². The Kier molecular flexibility index (Phi) is 2.79. The van der Waals surface area contributed by atoms with Crippen LogP contribution in [0.2, 0.25) is 6.55 Å². The number of hydrogen-bond donors (Lipinski definition) is 0. The van der Waals surface area contributed by atoms with Gasteiger partial charge in [-0.15, -0.1) is 15.3 Å². The Balaban J connectivity index is 2.32. The Morgan fingerprint density at radius 2 is 2.00 bits per heavy atom. The van der Waals surface area contributed by atoms with Crippen molar-refractivity contribution in [3.05, 3.63) is 0 Å². The van der Waals surface area contributed by atoms with E-state index in [1.54, 1.807) is 0 Å². The minimum absolute atomic E-state index is 0.595. The van der Waals surface area contributed by atoms with Gasteiger partial charge < -0.3 is 0 Å². The first-order valence-corrected chi connectivity index (χ1v) is 6.15. The van der Waals surface area contributed by atoms with Gasteiger partial charge in [-0.1, -0.05) is 0 Å². The normalized spacial score (nSPS) is 9.00. The minimum Gasteiger partial charge on any atom is -0.153 e. The lowest BCUT2D eigenvalue weighted by molar-refractivity contribution is 2.36. The second kappa shape index (κ2) is 2.24. The van der Waals surface area contributed by atoms with Crippen LogP contribution in [0.4, 0.5) is 0 Å². The average molecular weight is 158 g/mol. The van der Waals surface area contributed by atoms with Gasteiger partial charge in [0.05, 0.1) is 0 Å². The molecular formula is CH3BrClSi. The molecule has 0 saturated heterocycles. The van der Waals surface area contributed by atoms with Gasteiger partial charge in [0.1, 0.15) is 0 Å². The number of rotatable bonds is 0.